The van der Waals surface area contributed by atoms with Crippen LogP contribution in [0.3, 0.4) is 0 Å². The van der Waals surface area contributed by atoms with E-state index >= 15 is 0 Å². The standard InChI is InChI=1S/C22H26O12/c23-9-15-17(27)18(28)19(29)22(33-15)34-20-13(25)7-11(21(30)31)8-14(20)32-16(26)6-3-10-1-4-12(24)5-2-10/h1-7,13-15,17-20,22-25,27-29H,8-9H2,(H,30,31)/b6-3+/t13-,14-,15-,17-,18+,19-,20-,22+/m1/s1. The lowest BCUT2D eigenvalue weighted by molar-refractivity contribution is -0.322. The maximum absolute atomic E-state index is 12.4. The molecule has 12 heteroatoms. The molecule has 0 bridgehead atoms. The van der Waals surface area contributed by atoms with Gasteiger partial charge < -0.3 is 50.0 Å². The van der Waals surface area contributed by atoms with Gasteiger partial charge in [0, 0.05) is 18.1 Å². The molecule has 8 atom stereocenters. The first-order chi connectivity index (χ1) is 16.1. The summed E-state index contributed by atoms with van der Waals surface area (Å²) < 4.78 is 16.1. The summed E-state index contributed by atoms with van der Waals surface area (Å²) in [7, 11) is 0. The molecule has 2 aliphatic rings. The van der Waals surface area contributed by atoms with Crippen LogP contribution in [0.1, 0.15) is 12.0 Å². The number of ether oxygens (including phenoxy) is 3. The molecule has 0 aromatic heterocycles. The summed E-state index contributed by atoms with van der Waals surface area (Å²) >= 11 is 0. The third-order valence-electron chi connectivity index (χ3n) is 5.48. The van der Waals surface area contributed by atoms with E-state index < -0.39 is 67.6 Å². The highest BCUT2D eigenvalue weighted by atomic mass is 16.7. The molecule has 186 valence electrons. The fourth-order valence-corrected chi connectivity index (χ4v) is 3.63. The Labute approximate surface area is 193 Å². The number of aliphatic carboxylic acids is 1. The fourth-order valence-electron chi connectivity index (χ4n) is 3.63. The first-order valence-corrected chi connectivity index (χ1v) is 10.4. The number of carboxylic acid groups (broad SMARTS) is 1. The highest BCUT2D eigenvalue weighted by Crippen LogP contribution is 2.30. The van der Waals surface area contributed by atoms with Crippen LogP contribution in [0.15, 0.2) is 42.0 Å². The molecule has 0 saturated carbocycles. The first-order valence-electron chi connectivity index (χ1n) is 10.4. The highest BCUT2D eigenvalue weighted by molar-refractivity contribution is 5.88. The summed E-state index contributed by atoms with van der Waals surface area (Å²) in [6, 6.07) is 5.91. The van der Waals surface area contributed by atoms with E-state index in [0.29, 0.717) is 5.56 Å². The Kier molecular flexibility index (Phi) is 8.38. The van der Waals surface area contributed by atoms with Gasteiger partial charge in [0.05, 0.1) is 6.61 Å². The number of hydrogen-bond acceptors (Lipinski definition) is 11. The Balaban J connectivity index is 1.77. The Morgan fingerprint density at radius 2 is 1.74 bits per heavy atom. The monoisotopic (exact) mass is 482 g/mol. The van der Waals surface area contributed by atoms with Crippen LogP contribution >= 0.6 is 0 Å². The number of aromatic hydroxyl groups is 1. The number of aliphatic hydroxyl groups excluding tert-OH is 5. The molecular formula is C22H26O12. The van der Waals surface area contributed by atoms with Crippen LogP contribution in [-0.4, -0.2) is 103 Å². The fraction of sp³-hybridized carbons (Fsp3) is 0.455. The van der Waals surface area contributed by atoms with Crippen LogP contribution in [0.25, 0.3) is 6.08 Å². The highest BCUT2D eigenvalue weighted by Gasteiger charge is 2.47. The minimum absolute atomic E-state index is 0.0390. The van der Waals surface area contributed by atoms with Gasteiger partial charge in [0.1, 0.15) is 48.5 Å². The molecule has 0 radical (unpaired) electrons. The summed E-state index contributed by atoms with van der Waals surface area (Å²) in [5.74, 6) is -2.19. The van der Waals surface area contributed by atoms with Crippen molar-refractivity contribution in [3.05, 3.63) is 47.6 Å². The van der Waals surface area contributed by atoms with Crippen molar-refractivity contribution in [3.8, 4) is 5.75 Å². The van der Waals surface area contributed by atoms with Crippen molar-refractivity contribution in [2.45, 2.75) is 55.4 Å². The van der Waals surface area contributed by atoms with E-state index in [-0.39, 0.29) is 17.7 Å². The van der Waals surface area contributed by atoms with Gasteiger partial charge in [-0.05, 0) is 29.8 Å². The van der Waals surface area contributed by atoms with Gasteiger partial charge in [0.25, 0.3) is 0 Å². The first kappa shape index (κ1) is 25.8. The third kappa shape index (κ3) is 5.98. The van der Waals surface area contributed by atoms with E-state index in [1.54, 1.807) is 12.1 Å². The van der Waals surface area contributed by atoms with Gasteiger partial charge in [-0.2, -0.15) is 0 Å². The van der Waals surface area contributed by atoms with E-state index in [4.69, 9.17) is 14.2 Å². The molecule has 1 fully saturated rings. The van der Waals surface area contributed by atoms with Crippen LogP contribution in [0.2, 0.25) is 0 Å². The molecule has 34 heavy (non-hydrogen) atoms. The lowest BCUT2D eigenvalue weighted by atomic mass is 9.91. The SMILES string of the molecule is O=C(/C=C/c1ccc(O)cc1)O[C@@H]1CC(C(=O)O)=C[C@@H](O)[C@H]1O[C@@H]1O[C@H](CO)[C@@H](O)[C@H](O)[C@H]1O. The van der Waals surface area contributed by atoms with Crippen LogP contribution in [0.4, 0.5) is 0 Å². The zero-order valence-electron chi connectivity index (χ0n) is 17.7. The van der Waals surface area contributed by atoms with Gasteiger partial charge in [0.2, 0.25) is 0 Å². The predicted octanol–water partition coefficient (Wildman–Crippen LogP) is -1.72. The minimum Gasteiger partial charge on any atom is -0.508 e. The number of aliphatic hydroxyl groups is 5. The number of hydrogen-bond donors (Lipinski definition) is 7. The van der Waals surface area contributed by atoms with Crippen molar-refractivity contribution in [1.29, 1.82) is 0 Å². The molecule has 1 aliphatic carbocycles. The molecule has 1 aromatic rings. The molecule has 0 amide bonds. The lowest BCUT2D eigenvalue weighted by Crippen LogP contribution is -2.61. The second-order valence-corrected chi connectivity index (χ2v) is 7.89. The minimum atomic E-state index is -1.78. The number of phenols is 1. The smallest absolute Gasteiger partial charge is 0.331 e. The summed E-state index contributed by atoms with van der Waals surface area (Å²) in [6.45, 7) is -0.707. The number of benzene rings is 1. The molecule has 1 saturated heterocycles. The van der Waals surface area contributed by atoms with E-state index in [2.05, 4.69) is 0 Å². The summed E-state index contributed by atoms with van der Waals surface area (Å²) in [5.41, 5.74) is 0.333. The van der Waals surface area contributed by atoms with Crippen molar-refractivity contribution >= 4 is 18.0 Å². The Morgan fingerprint density at radius 1 is 1.06 bits per heavy atom. The maximum atomic E-state index is 12.4. The van der Waals surface area contributed by atoms with Crippen LogP contribution in [0.5, 0.6) is 5.75 Å². The van der Waals surface area contributed by atoms with E-state index in [9.17, 15) is 45.3 Å². The predicted molar refractivity (Wildman–Crippen MR) is 112 cm³/mol. The second-order valence-electron chi connectivity index (χ2n) is 7.89. The molecule has 3 rings (SSSR count). The zero-order valence-corrected chi connectivity index (χ0v) is 17.7. The third-order valence-corrected chi connectivity index (χ3v) is 5.48. The Hall–Kier alpha value is -2.84. The zero-order chi connectivity index (χ0) is 25.0. The van der Waals surface area contributed by atoms with E-state index in [1.807, 2.05) is 0 Å². The molecule has 12 nitrogen and oxygen atoms in total. The summed E-state index contributed by atoms with van der Waals surface area (Å²) in [5, 5.41) is 68.5. The van der Waals surface area contributed by atoms with Crippen LogP contribution in [0, 0.1) is 0 Å². The van der Waals surface area contributed by atoms with Crippen molar-refractivity contribution in [1.82, 2.24) is 0 Å². The van der Waals surface area contributed by atoms with Crippen molar-refractivity contribution in [3.63, 3.8) is 0 Å². The topological polar surface area (TPSA) is 203 Å². The van der Waals surface area contributed by atoms with Gasteiger partial charge in [-0.15, -0.1) is 0 Å². The lowest BCUT2D eigenvalue weighted by Gasteiger charge is -2.42. The Bertz CT molecular complexity index is 924. The molecule has 1 heterocycles. The number of phenolic OH excluding ortho intramolecular Hbond substituents is 1. The largest absolute Gasteiger partial charge is 0.508 e. The number of carbonyl (C=O) groups excluding carboxylic acids is 1. The summed E-state index contributed by atoms with van der Waals surface area (Å²) in [4.78, 5) is 23.8. The molecule has 1 aliphatic heterocycles. The quantitative estimate of drug-likeness (QED) is 0.171. The van der Waals surface area contributed by atoms with Crippen molar-refractivity contribution in [2.24, 2.45) is 0 Å². The molecule has 0 unspecified atom stereocenters. The van der Waals surface area contributed by atoms with E-state index in [0.717, 1.165) is 12.2 Å². The number of rotatable bonds is 7. The average Bonchev–Trinajstić information content (AvgIpc) is 2.80. The van der Waals surface area contributed by atoms with Crippen molar-refractivity contribution < 1.29 is 59.5 Å². The number of carboxylic acids is 1. The summed E-state index contributed by atoms with van der Waals surface area (Å²) in [6.07, 6.45) is -9.28. The molecular weight excluding hydrogens is 456 g/mol. The number of esters is 1. The normalized spacial score (nSPS) is 34.0. The van der Waals surface area contributed by atoms with E-state index in [1.165, 1.54) is 18.2 Å². The van der Waals surface area contributed by atoms with Crippen molar-refractivity contribution in [2.75, 3.05) is 6.61 Å². The van der Waals surface area contributed by atoms with Gasteiger partial charge in [-0.3, -0.25) is 0 Å². The molecule has 1 aromatic carbocycles. The molecule has 7 N–H and O–H groups in total. The van der Waals surface area contributed by atoms with Gasteiger partial charge in [-0.25, -0.2) is 9.59 Å². The van der Waals surface area contributed by atoms with Gasteiger partial charge in [0.15, 0.2) is 6.29 Å². The van der Waals surface area contributed by atoms with Gasteiger partial charge in [-0.1, -0.05) is 12.1 Å². The second kappa shape index (κ2) is 11.1. The van der Waals surface area contributed by atoms with Crippen LogP contribution in [-0.2, 0) is 23.8 Å². The van der Waals surface area contributed by atoms with Gasteiger partial charge >= 0.3 is 11.9 Å². The molecule has 0 spiro atoms. The average molecular weight is 482 g/mol. The Morgan fingerprint density at radius 3 is 2.35 bits per heavy atom. The maximum Gasteiger partial charge on any atom is 0.331 e. The van der Waals surface area contributed by atoms with Crippen LogP contribution < -0.4 is 0 Å². The number of carbonyl (C=O) groups is 2.